The molecule has 0 aliphatic rings. The average molecular weight is 323 g/mol. The highest BCUT2D eigenvalue weighted by molar-refractivity contribution is 5.93. The van der Waals surface area contributed by atoms with Crippen LogP contribution in [-0.2, 0) is 11.2 Å². The molecule has 0 unspecified atom stereocenters. The smallest absolute Gasteiger partial charge is 0.335 e. The molecule has 1 heterocycles. The highest BCUT2D eigenvalue weighted by Gasteiger charge is 2.19. The molecule has 1 aromatic carbocycles. The minimum absolute atomic E-state index is 0.0922. The summed E-state index contributed by atoms with van der Waals surface area (Å²) in [5.74, 6) is -1.46. The summed E-state index contributed by atoms with van der Waals surface area (Å²) in [4.78, 5) is 22.8. The number of aryl methyl sites for hydroxylation is 1. The van der Waals surface area contributed by atoms with Gasteiger partial charge in [-0.05, 0) is 38.1 Å². The lowest BCUT2D eigenvalue weighted by Crippen LogP contribution is -2.15. The zero-order valence-corrected chi connectivity index (χ0v) is 12.5. The van der Waals surface area contributed by atoms with Crippen molar-refractivity contribution in [1.82, 2.24) is 9.78 Å². The van der Waals surface area contributed by atoms with E-state index in [0.717, 1.165) is 0 Å². The lowest BCUT2D eigenvalue weighted by atomic mass is 10.1. The van der Waals surface area contributed by atoms with Crippen molar-refractivity contribution in [3.05, 3.63) is 46.8 Å². The van der Waals surface area contributed by atoms with Crippen LogP contribution < -0.4 is 5.32 Å². The van der Waals surface area contributed by atoms with Gasteiger partial charge in [0.1, 0.15) is 0 Å². The van der Waals surface area contributed by atoms with Crippen LogP contribution in [0.4, 0.5) is 14.5 Å². The second-order valence-corrected chi connectivity index (χ2v) is 4.98. The lowest BCUT2D eigenvalue weighted by Gasteiger charge is -2.07. The number of amides is 1. The molecule has 1 aromatic heterocycles. The van der Waals surface area contributed by atoms with E-state index in [9.17, 15) is 18.4 Å². The number of carboxylic acid groups (broad SMARTS) is 1. The molecule has 0 saturated heterocycles. The molecule has 6 nitrogen and oxygen atoms in total. The number of carbonyl (C=O) groups is 2. The molecule has 0 fully saturated rings. The van der Waals surface area contributed by atoms with Gasteiger partial charge >= 0.3 is 12.5 Å². The molecule has 0 radical (unpaired) electrons. The first kappa shape index (κ1) is 16.6. The third-order valence-corrected chi connectivity index (χ3v) is 3.41. The van der Waals surface area contributed by atoms with Crippen LogP contribution >= 0.6 is 0 Å². The van der Waals surface area contributed by atoms with E-state index in [1.165, 1.54) is 31.2 Å². The fourth-order valence-electron chi connectivity index (χ4n) is 2.20. The zero-order chi connectivity index (χ0) is 17.1. The highest BCUT2D eigenvalue weighted by atomic mass is 19.3. The number of anilines is 1. The third kappa shape index (κ3) is 3.71. The summed E-state index contributed by atoms with van der Waals surface area (Å²) in [6, 6.07) is 5.65. The van der Waals surface area contributed by atoms with Crippen LogP contribution in [0, 0.1) is 13.8 Å². The number of nitrogens with one attached hydrogen (secondary N) is 1. The molecule has 2 N–H and O–H groups in total. The fourth-order valence-corrected chi connectivity index (χ4v) is 2.20. The van der Waals surface area contributed by atoms with Gasteiger partial charge in [-0.15, -0.1) is 0 Å². The average Bonchev–Trinajstić information content (AvgIpc) is 2.76. The van der Waals surface area contributed by atoms with E-state index in [0.29, 0.717) is 21.6 Å². The summed E-state index contributed by atoms with van der Waals surface area (Å²) in [5, 5.41) is 15.1. The summed E-state index contributed by atoms with van der Waals surface area (Å²) in [7, 11) is 0. The van der Waals surface area contributed by atoms with Crippen molar-refractivity contribution in [3.8, 4) is 0 Å². The number of hydrogen-bond donors (Lipinski definition) is 2. The number of halogens is 2. The van der Waals surface area contributed by atoms with Gasteiger partial charge in [-0.2, -0.15) is 13.9 Å². The third-order valence-electron chi connectivity index (χ3n) is 3.41. The van der Waals surface area contributed by atoms with Crippen LogP contribution in [0.2, 0.25) is 0 Å². The molecule has 2 aromatic rings. The maximum absolute atomic E-state index is 12.8. The van der Waals surface area contributed by atoms with Crippen LogP contribution in [-0.4, -0.2) is 26.8 Å². The van der Waals surface area contributed by atoms with Gasteiger partial charge in [0.15, 0.2) is 0 Å². The van der Waals surface area contributed by atoms with Crippen molar-refractivity contribution >= 4 is 17.6 Å². The van der Waals surface area contributed by atoms with Crippen LogP contribution in [0.5, 0.6) is 0 Å². The van der Waals surface area contributed by atoms with Gasteiger partial charge in [0.2, 0.25) is 5.91 Å². The molecular weight excluding hydrogens is 308 g/mol. The zero-order valence-electron chi connectivity index (χ0n) is 12.5. The molecule has 122 valence electrons. The fraction of sp³-hybridized carbons (Fsp3) is 0.267. The number of carboxylic acids is 1. The topological polar surface area (TPSA) is 84.2 Å². The molecule has 0 aliphatic carbocycles. The van der Waals surface area contributed by atoms with Crippen LogP contribution in [0.1, 0.15) is 33.9 Å². The molecule has 1 amide bonds. The van der Waals surface area contributed by atoms with Gasteiger partial charge in [0.25, 0.3) is 0 Å². The number of aromatic nitrogens is 2. The minimum Gasteiger partial charge on any atom is -0.478 e. The van der Waals surface area contributed by atoms with Crippen LogP contribution in [0.15, 0.2) is 24.3 Å². The van der Waals surface area contributed by atoms with E-state index in [1.54, 1.807) is 6.92 Å². The van der Waals surface area contributed by atoms with E-state index >= 15 is 0 Å². The van der Waals surface area contributed by atoms with Gasteiger partial charge in [-0.3, -0.25) is 4.79 Å². The molecule has 0 saturated carbocycles. The van der Waals surface area contributed by atoms with Crippen molar-refractivity contribution in [2.45, 2.75) is 26.8 Å². The Kier molecular flexibility index (Phi) is 4.73. The summed E-state index contributed by atoms with van der Waals surface area (Å²) < 4.78 is 26.1. The number of carbonyl (C=O) groups excluding carboxylic acids is 1. The normalized spacial score (nSPS) is 10.8. The number of benzene rings is 1. The SMILES string of the molecule is Cc1nn(C(F)F)c(C)c1CC(=O)Nc1ccc(C(=O)O)cc1. The van der Waals surface area contributed by atoms with E-state index in [4.69, 9.17) is 5.11 Å². The monoisotopic (exact) mass is 323 g/mol. The molecule has 0 aliphatic heterocycles. The van der Waals surface area contributed by atoms with Crippen molar-refractivity contribution in [1.29, 1.82) is 0 Å². The van der Waals surface area contributed by atoms with Crippen molar-refractivity contribution < 1.29 is 23.5 Å². The Balaban J connectivity index is 2.09. The quantitative estimate of drug-likeness (QED) is 0.886. The number of aromatic carboxylic acids is 1. The molecule has 0 bridgehead atoms. The van der Waals surface area contributed by atoms with E-state index in [2.05, 4.69) is 10.4 Å². The van der Waals surface area contributed by atoms with Crippen molar-refractivity contribution in [3.63, 3.8) is 0 Å². The van der Waals surface area contributed by atoms with Gasteiger partial charge in [0, 0.05) is 16.9 Å². The van der Waals surface area contributed by atoms with Crippen LogP contribution in [0.25, 0.3) is 0 Å². The predicted octanol–water partition coefficient (Wildman–Crippen LogP) is 2.77. The Hall–Kier alpha value is -2.77. The van der Waals surface area contributed by atoms with E-state index < -0.39 is 18.4 Å². The first-order valence-electron chi connectivity index (χ1n) is 6.75. The number of rotatable bonds is 5. The Morgan fingerprint density at radius 3 is 2.35 bits per heavy atom. The summed E-state index contributed by atoms with van der Waals surface area (Å²) in [5.41, 5.74) is 1.60. The highest BCUT2D eigenvalue weighted by Crippen LogP contribution is 2.20. The Morgan fingerprint density at radius 2 is 1.87 bits per heavy atom. The maximum Gasteiger partial charge on any atom is 0.335 e. The van der Waals surface area contributed by atoms with Crippen molar-refractivity contribution in [2.24, 2.45) is 0 Å². The van der Waals surface area contributed by atoms with E-state index in [-0.39, 0.29) is 17.7 Å². The maximum atomic E-state index is 12.8. The predicted molar refractivity (Wildman–Crippen MR) is 78.7 cm³/mol. The Morgan fingerprint density at radius 1 is 1.26 bits per heavy atom. The summed E-state index contributed by atoms with van der Waals surface area (Å²) in [6.07, 6.45) is -0.0922. The summed E-state index contributed by atoms with van der Waals surface area (Å²) in [6.45, 7) is 0.293. The molecule has 0 atom stereocenters. The molecule has 8 heteroatoms. The van der Waals surface area contributed by atoms with Gasteiger partial charge in [-0.1, -0.05) is 0 Å². The largest absolute Gasteiger partial charge is 0.478 e. The molecule has 0 spiro atoms. The lowest BCUT2D eigenvalue weighted by molar-refractivity contribution is -0.115. The van der Waals surface area contributed by atoms with Gasteiger partial charge < -0.3 is 10.4 Å². The second kappa shape index (κ2) is 6.55. The minimum atomic E-state index is -2.76. The molecular formula is C15H15F2N3O3. The first-order valence-corrected chi connectivity index (χ1v) is 6.75. The van der Waals surface area contributed by atoms with E-state index in [1.807, 2.05) is 0 Å². The number of alkyl halides is 2. The van der Waals surface area contributed by atoms with Gasteiger partial charge in [-0.25, -0.2) is 9.48 Å². The second-order valence-electron chi connectivity index (χ2n) is 4.98. The Labute approximate surface area is 130 Å². The van der Waals surface area contributed by atoms with Gasteiger partial charge in [0.05, 0.1) is 17.7 Å². The Bertz CT molecular complexity index is 739. The number of nitrogens with zero attached hydrogens (tertiary/aromatic N) is 2. The standard InChI is InChI=1S/C15H15F2N3O3/c1-8-12(9(2)20(19-8)15(16)17)7-13(21)18-11-5-3-10(4-6-11)14(22)23/h3-6,15H,7H2,1-2H3,(H,18,21)(H,22,23). The van der Waals surface area contributed by atoms with Crippen molar-refractivity contribution in [2.75, 3.05) is 5.32 Å². The number of hydrogen-bond acceptors (Lipinski definition) is 3. The molecule has 2 rings (SSSR count). The molecule has 23 heavy (non-hydrogen) atoms. The van der Waals surface area contributed by atoms with Crippen LogP contribution in [0.3, 0.4) is 0 Å². The first-order chi connectivity index (χ1) is 10.8. The summed E-state index contributed by atoms with van der Waals surface area (Å²) >= 11 is 0.